The summed E-state index contributed by atoms with van der Waals surface area (Å²) in [6.45, 7) is 3.24. The van der Waals surface area contributed by atoms with Crippen LogP contribution in [0.1, 0.15) is 29.2 Å². The molecule has 0 aliphatic heterocycles. The summed E-state index contributed by atoms with van der Waals surface area (Å²) in [7, 11) is 1.65. The molecule has 1 aromatic heterocycles. The third-order valence-electron chi connectivity index (χ3n) is 3.98. The molecule has 3 rings (SSSR count). The minimum Gasteiger partial charge on any atom is -0.497 e. The lowest BCUT2D eigenvalue weighted by molar-refractivity contribution is 0.304. The number of ether oxygens (including phenoxy) is 2. The Kier molecular flexibility index (Phi) is 6.50. The molecule has 0 bridgehead atoms. The molecule has 0 fully saturated rings. The van der Waals surface area contributed by atoms with Crippen LogP contribution >= 0.6 is 22.9 Å². The van der Waals surface area contributed by atoms with Crippen molar-refractivity contribution >= 4 is 22.9 Å². The van der Waals surface area contributed by atoms with E-state index in [1.165, 1.54) is 0 Å². The van der Waals surface area contributed by atoms with E-state index in [9.17, 15) is 0 Å². The SMILES string of the molecule is COc1ccc(OCc2nc(CNC(C)c3ccccc3Cl)cs2)cc1. The summed E-state index contributed by atoms with van der Waals surface area (Å²) >= 11 is 7.85. The lowest BCUT2D eigenvalue weighted by Gasteiger charge is -2.14. The van der Waals surface area contributed by atoms with E-state index in [1.807, 2.05) is 48.5 Å². The second-order valence-electron chi connectivity index (χ2n) is 5.82. The first-order valence-electron chi connectivity index (χ1n) is 8.33. The quantitative estimate of drug-likeness (QED) is 0.573. The van der Waals surface area contributed by atoms with Crippen LogP contribution in [0.4, 0.5) is 0 Å². The van der Waals surface area contributed by atoms with Gasteiger partial charge in [0.05, 0.1) is 12.8 Å². The minimum absolute atomic E-state index is 0.157. The van der Waals surface area contributed by atoms with Gasteiger partial charge in [0.2, 0.25) is 0 Å². The van der Waals surface area contributed by atoms with Crippen molar-refractivity contribution in [2.24, 2.45) is 0 Å². The molecule has 0 saturated carbocycles. The molecule has 1 N–H and O–H groups in total. The van der Waals surface area contributed by atoms with Crippen molar-refractivity contribution in [1.82, 2.24) is 10.3 Å². The fraction of sp³-hybridized carbons (Fsp3) is 0.250. The third-order valence-corrected chi connectivity index (χ3v) is 5.20. The van der Waals surface area contributed by atoms with E-state index in [-0.39, 0.29) is 6.04 Å². The zero-order valence-electron chi connectivity index (χ0n) is 14.7. The molecule has 1 unspecified atom stereocenters. The summed E-state index contributed by atoms with van der Waals surface area (Å²) in [5.74, 6) is 1.61. The first-order chi connectivity index (χ1) is 12.7. The van der Waals surface area contributed by atoms with Crippen LogP contribution in [0.15, 0.2) is 53.9 Å². The largest absolute Gasteiger partial charge is 0.497 e. The summed E-state index contributed by atoms with van der Waals surface area (Å²) in [5.41, 5.74) is 2.09. The molecule has 0 aliphatic rings. The number of rotatable bonds is 8. The van der Waals surface area contributed by atoms with Gasteiger partial charge in [-0.25, -0.2) is 4.98 Å². The third kappa shape index (κ3) is 4.97. The summed E-state index contributed by atoms with van der Waals surface area (Å²) < 4.78 is 10.9. The molecule has 0 aliphatic carbocycles. The molecule has 136 valence electrons. The number of thiazole rings is 1. The van der Waals surface area contributed by atoms with E-state index >= 15 is 0 Å². The second kappa shape index (κ2) is 9.03. The fourth-order valence-corrected chi connectivity index (χ4v) is 3.51. The van der Waals surface area contributed by atoms with E-state index in [2.05, 4.69) is 22.6 Å². The van der Waals surface area contributed by atoms with E-state index in [0.29, 0.717) is 13.2 Å². The van der Waals surface area contributed by atoms with Crippen LogP contribution in [-0.2, 0) is 13.2 Å². The first kappa shape index (κ1) is 18.7. The van der Waals surface area contributed by atoms with Gasteiger partial charge in [-0.05, 0) is 42.8 Å². The maximum atomic E-state index is 6.25. The average Bonchev–Trinajstić information content (AvgIpc) is 3.13. The van der Waals surface area contributed by atoms with Crippen LogP contribution in [-0.4, -0.2) is 12.1 Å². The Morgan fingerprint density at radius 1 is 1.12 bits per heavy atom. The lowest BCUT2D eigenvalue weighted by Crippen LogP contribution is -2.18. The summed E-state index contributed by atoms with van der Waals surface area (Å²) in [5, 5.41) is 7.24. The van der Waals surface area contributed by atoms with Gasteiger partial charge in [-0.3, -0.25) is 0 Å². The first-order valence-corrected chi connectivity index (χ1v) is 9.59. The highest BCUT2D eigenvalue weighted by Gasteiger charge is 2.10. The number of hydrogen-bond donors (Lipinski definition) is 1. The monoisotopic (exact) mass is 388 g/mol. The Labute approximate surface area is 162 Å². The zero-order valence-corrected chi connectivity index (χ0v) is 16.3. The lowest BCUT2D eigenvalue weighted by atomic mass is 10.1. The van der Waals surface area contributed by atoms with Crippen molar-refractivity contribution in [1.29, 1.82) is 0 Å². The molecular weight excluding hydrogens is 368 g/mol. The van der Waals surface area contributed by atoms with Crippen LogP contribution < -0.4 is 14.8 Å². The molecule has 1 heterocycles. The predicted octanol–water partition coefficient (Wildman–Crippen LogP) is 5.23. The molecule has 0 radical (unpaired) electrons. The normalized spacial score (nSPS) is 12.0. The molecule has 6 heteroatoms. The number of benzene rings is 2. The van der Waals surface area contributed by atoms with E-state index < -0.39 is 0 Å². The highest BCUT2D eigenvalue weighted by atomic mass is 35.5. The van der Waals surface area contributed by atoms with E-state index in [0.717, 1.165) is 32.8 Å². The highest BCUT2D eigenvalue weighted by Crippen LogP contribution is 2.23. The summed E-state index contributed by atoms with van der Waals surface area (Å²) in [6, 6.07) is 15.6. The average molecular weight is 389 g/mol. The number of methoxy groups -OCH3 is 1. The summed E-state index contributed by atoms with van der Waals surface area (Å²) in [6.07, 6.45) is 0. The highest BCUT2D eigenvalue weighted by molar-refractivity contribution is 7.09. The van der Waals surface area contributed by atoms with Crippen LogP contribution in [0.2, 0.25) is 5.02 Å². The van der Waals surface area contributed by atoms with Gasteiger partial charge < -0.3 is 14.8 Å². The molecule has 0 saturated heterocycles. The maximum absolute atomic E-state index is 6.25. The van der Waals surface area contributed by atoms with E-state index in [4.69, 9.17) is 21.1 Å². The van der Waals surface area contributed by atoms with Gasteiger partial charge >= 0.3 is 0 Å². The molecule has 1 atom stereocenters. The zero-order chi connectivity index (χ0) is 18.4. The Bertz CT molecular complexity index is 836. The minimum atomic E-state index is 0.157. The summed E-state index contributed by atoms with van der Waals surface area (Å²) in [4.78, 5) is 4.62. The molecule has 3 aromatic rings. The van der Waals surface area contributed by atoms with Crippen molar-refractivity contribution in [3.8, 4) is 11.5 Å². The Hall–Kier alpha value is -2.08. The number of nitrogens with zero attached hydrogens (tertiary/aromatic N) is 1. The van der Waals surface area contributed by atoms with Crippen LogP contribution in [0.25, 0.3) is 0 Å². The van der Waals surface area contributed by atoms with Crippen molar-refractivity contribution in [2.45, 2.75) is 26.1 Å². The number of halogens is 1. The van der Waals surface area contributed by atoms with Crippen LogP contribution in [0.3, 0.4) is 0 Å². The Morgan fingerprint density at radius 2 is 1.85 bits per heavy atom. The van der Waals surface area contributed by atoms with E-state index in [1.54, 1.807) is 18.4 Å². The van der Waals surface area contributed by atoms with Gasteiger partial charge in [0.25, 0.3) is 0 Å². The standard InChI is InChI=1S/C20H21ClN2O2S/c1-14(18-5-3-4-6-19(18)21)22-11-15-13-26-20(23-15)12-25-17-9-7-16(24-2)8-10-17/h3-10,13-14,22H,11-12H2,1-2H3. The van der Waals surface area contributed by atoms with Gasteiger partial charge in [0, 0.05) is 23.0 Å². The molecule has 0 amide bonds. The van der Waals surface area contributed by atoms with Crippen molar-refractivity contribution in [3.63, 3.8) is 0 Å². The predicted molar refractivity (Wildman–Crippen MR) is 106 cm³/mol. The number of nitrogens with one attached hydrogen (secondary N) is 1. The van der Waals surface area contributed by atoms with Crippen LogP contribution in [0.5, 0.6) is 11.5 Å². The van der Waals surface area contributed by atoms with Gasteiger partial charge in [-0.1, -0.05) is 29.8 Å². The number of hydrogen-bond acceptors (Lipinski definition) is 5. The molecule has 2 aromatic carbocycles. The van der Waals surface area contributed by atoms with Crippen molar-refractivity contribution in [3.05, 3.63) is 75.2 Å². The number of aromatic nitrogens is 1. The van der Waals surface area contributed by atoms with Crippen molar-refractivity contribution < 1.29 is 9.47 Å². The maximum Gasteiger partial charge on any atom is 0.140 e. The second-order valence-corrected chi connectivity index (χ2v) is 7.17. The molecule has 4 nitrogen and oxygen atoms in total. The molecule has 0 spiro atoms. The van der Waals surface area contributed by atoms with Crippen LogP contribution in [0, 0.1) is 0 Å². The van der Waals surface area contributed by atoms with Gasteiger partial charge in [-0.2, -0.15) is 0 Å². The van der Waals surface area contributed by atoms with Crippen molar-refractivity contribution in [2.75, 3.05) is 7.11 Å². The smallest absolute Gasteiger partial charge is 0.140 e. The molecule has 26 heavy (non-hydrogen) atoms. The molecular formula is C20H21ClN2O2S. The topological polar surface area (TPSA) is 43.4 Å². The Morgan fingerprint density at radius 3 is 2.58 bits per heavy atom. The Balaban J connectivity index is 1.50. The van der Waals surface area contributed by atoms with Gasteiger partial charge in [-0.15, -0.1) is 11.3 Å². The van der Waals surface area contributed by atoms with Gasteiger partial charge in [0.15, 0.2) is 0 Å². The van der Waals surface area contributed by atoms with Gasteiger partial charge in [0.1, 0.15) is 23.1 Å². The fourth-order valence-electron chi connectivity index (χ4n) is 2.51.